The van der Waals surface area contributed by atoms with Crippen molar-refractivity contribution in [2.45, 2.75) is 19.4 Å². The smallest absolute Gasteiger partial charge is 0.220 e. The van der Waals surface area contributed by atoms with Crippen molar-refractivity contribution in [1.82, 2.24) is 19.7 Å². The molecule has 0 atom stereocenters. The van der Waals surface area contributed by atoms with Crippen molar-refractivity contribution in [3.63, 3.8) is 0 Å². The molecule has 0 aliphatic heterocycles. The highest BCUT2D eigenvalue weighted by atomic mass is 32.1. The van der Waals surface area contributed by atoms with Gasteiger partial charge in [-0.05, 0) is 36.2 Å². The van der Waals surface area contributed by atoms with E-state index in [2.05, 4.69) is 15.3 Å². The van der Waals surface area contributed by atoms with Crippen LogP contribution in [0.15, 0.2) is 60.4 Å². The molecule has 4 aromatic rings. The highest BCUT2D eigenvalue weighted by Gasteiger charge is 2.13. The van der Waals surface area contributed by atoms with E-state index in [0.717, 1.165) is 16.2 Å². The standard InChI is InChI=1S/C20H17FN4OS/c21-17-4-2-1-3-16(17)18-12-25-15(13-27-20(25)24-18)5-6-19(26)23-11-14-7-9-22-10-8-14/h1-4,7-10,12-13H,5-6,11H2,(H,23,26). The van der Waals surface area contributed by atoms with Gasteiger partial charge in [-0.25, -0.2) is 9.37 Å². The van der Waals surface area contributed by atoms with E-state index in [-0.39, 0.29) is 11.7 Å². The zero-order chi connectivity index (χ0) is 18.6. The Bertz CT molecular complexity index is 1070. The second kappa shape index (κ2) is 7.67. The lowest BCUT2D eigenvalue weighted by atomic mass is 10.1. The van der Waals surface area contributed by atoms with Crippen molar-refractivity contribution in [3.8, 4) is 11.3 Å². The zero-order valence-electron chi connectivity index (χ0n) is 14.4. The predicted molar refractivity (Wildman–Crippen MR) is 103 cm³/mol. The first-order valence-corrected chi connectivity index (χ1v) is 9.44. The number of aryl methyl sites for hydroxylation is 1. The maximum absolute atomic E-state index is 14.0. The third-order valence-electron chi connectivity index (χ3n) is 4.28. The second-order valence-electron chi connectivity index (χ2n) is 6.12. The van der Waals surface area contributed by atoms with Gasteiger partial charge in [0.05, 0.1) is 5.69 Å². The van der Waals surface area contributed by atoms with Crippen LogP contribution < -0.4 is 5.32 Å². The molecule has 5 nitrogen and oxygen atoms in total. The monoisotopic (exact) mass is 380 g/mol. The normalized spacial score (nSPS) is 11.0. The van der Waals surface area contributed by atoms with Crippen molar-refractivity contribution in [3.05, 3.63) is 77.4 Å². The molecule has 3 heterocycles. The van der Waals surface area contributed by atoms with Crippen LogP contribution in [0.4, 0.5) is 4.39 Å². The zero-order valence-corrected chi connectivity index (χ0v) is 15.2. The van der Waals surface area contributed by atoms with Crippen molar-refractivity contribution >= 4 is 22.2 Å². The molecule has 0 unspecified atom stereocenters. The maximum Gasteiger partial charge on any atom is 0.220 e. The van der Waals surface area contributed by atoms with E-state index in [4.69, 9.17) is 0 Å². The molecule has 0 aliphatic carbocycles. The lowest BCUT2D eigenvalue weighted by Crippen LogP contribution is -2.23. The molecule has 1 N–H and O–H groups in total. The number of carbonyl (C=O) groups is 1. The molecule has 0 spiro atoms. The van der Waals surface area contributed by atoms with Crippen LogP contribution in [-0.2, 0) is 17.8 Å². The van der Waals surface area contributed by atoms with Crippen LogP contribution in [0.3, 0.4) is 0 Å². The van der Waals surface area contributed by atoms with E-state index >= 15 is 0 Å². The minimum Gasteiger partial charge on any atom is -0.352 e. The summed E-state index contributed by atoms with van der Waals surface area (Å²) in [4.78, 5) is 21.4. The number of amides is 1. The van der Waals surface area contributed by atoms with Gasteiger partial charge in [0.15, 0.2) is 4.96 Å². The molecular weight excluding hydrogens is 363 g/mol. The third-order valence-corrected chi connectivity index (χ3v) is 5.17. The topological polar surface area (TPSA) is 59.3 Å². The fraction of sp³-hybridized carbons (Fsp3) is 0.150. The summed E-state index contributed by atoms with van der Waals surface area (Å²) < 4.78 is 15.9. The first-order chi connectivity index (χ1) is 13.2. The summed E-state index contributed by atoms with van der Waals surface area (Å²) in [5.41, 5.74) is 3.09. The van der Waals surface area contributed by atoms with E-state index in [0.29, 0.717) is 30.6 Å². The number of thiazole rings is 1. The number of benzene rings is 1. The van der Waals surface area contributed by atoms with Gasteiger partial charge in [0, 0.05) is 48.2 Å². The average Bonchev–Trinajstić information content (AvgIpc) is 3.27. The molecule has 0 aliphatic rings. The van der Waals surface area contributed by atoms with Gasteiger partial charge in [0.25, 0.3) is 0 Å². The summed E-state index contributed by atoms with van der Waals surface area (Å²) in [6, 6.07) is 10.3. The van der Waals surface area contributed by atoms with E-state index in [1.165, 1.54) is 17.4 Å². The fourth-order valence-corrected chi connectivity index (χ4v) is 3.75. The van der Waals surface area contributed by atoms with E-state index in [1.807, 2.05) is 28.1 Å². The molecule has 0 radical (unpaired) electrons. The van der Waals surface area contributed by atoms with Crippen LogP contribution in [-0.4, -0.2) is 20.3 Å². The molecule has 1 amide bonds. The molecule has 0 bridgehead atoms. The molecule has 0 fully saturated rings. The van der Waals surface area contributed by atoms with Crippen LogP contribution in [0.5, 0.6) is 0 Å². The number of halogens is 1. The van der Waals surface area contributed by atoms with E-state index in [1.54, 1.807) is 30.6 Å². The Morgan fingerprint density at radius 2 is 2.00 bits per heavy atom. The number of pyridine rings is 1. The van der Waals surface area contributed by atoms with Crippen LogP contribution in [0.25, 0.3) is 16.2 Å². The van der Waals surface area contributed by atoms with Gasteiger partial charge in [0.1, 0.15) is 5.82 Å². The van der Waals surface area contributed by atoms with Crippen molar-refractivity contribution in [1.29, 1.82) is 0 Å². The summed E-state index contributed by atoms with van der Waals surface area (Å²) >= 11 is 1.49. The quantitative estimate of drug-likeness (QED) is 0.553. The Morgan fingerprint density at radius 3 is 2.81 bits per heavy atom. The summed E-state index contributed by atoms with van der Waals surface area (Å²) in [7, 11) is 0. The Kier molecular flexibility index (Phi) is 4.93. The van der Waals surface area contributed by atoms with Crippen molar-refractivity contribution in [2.75, 3.05) is 0 Å². The number of imidazole rings is 1. The van der Waals surface area contributed by atoms with Gasteiger partial charge < -0.3 is 5.32 Å². The number of hydrogen-bond donors (Lipinski definition) is 1. The van der Waals surface area contributed by atoms with E-state index < -0.39 is 0 Å². The number of nitrogens with one attached hydrogen (secondary N) is 1. The molecule has 0 saturated carbocycles. The predicted octanol–water partition coefficient (Wildman–Crippen LogP) is 3.85. The lowest BCUT2D eigenvalue weighted by molar-refractivity contribution is -0.121. The van der Waals surface area contributed by atoms with Crippen LogP contribution in [0, 0.1) is 5.82 Å². The molecule has 27 heavy (non-hydrogen) atoms. The Balaban J connectivity index is 1.42. The summed E-state index contributed by atoms with van der Waals surface area (Å²) in [6.45, 7) is 0.489. The average molecular weight is 380 g/mol. The molecular formula is C20H17FN4OS. The van der Waals surface area contributed by atoms with Crippen LogP contribution >= 0.6 is 11.3 Å². The summed E-state index contributed by atoms with van der Waals surface area (Å²) in [5.74, 6) is -0.305. The first-order valence-electron chi connectivity index (χ1n) is 8.56. The molecule has 136 valence electrons. The highest BCUT2D eigenvalue weighted by molar-refractivity contribution is 7.15. The van der Waals surface area contributed by atoms with Gasteiger partial charge in [-0.3, -0.25) is 14.2 Å². The Hall–Kier alpha value is -3.06. The van der Waals surface area contributed by atoms with Crippen LogP contribution in [0.2, 0.25) is 0 Å². The van der Waals surface area contributed by atoms with Gasteiger partial charge in [0.2, 0.25) is 5.91 Å². The second-order valence-corrected chi connectivity index (χ2v) is 6.95. The largest absolute Gasteiger partial charge is 0.352 e. The molecule has 4 rings (SSSR count). The molecule has 3 aromatic heterocycles. The number of nitrogens with zero attached hydrogens (tertiary/aromatic N) is 3. The maximum atomic E-state index is 14.0. The highest BCUT2D eigenvalue weighted by Crippen LogP contribution is 2.26. The molecule has 0 saturated heterocycles. The van der Waals surface area contributed by atoms with Crippen molar-refractivity contribution in [2.24, 2.45) is 0 Å². The van der Waals surface area contributed by atoms with Gasteiger partial charge in [-0.15, -0.1) is 11.3 Å². The molecule has 7 heteroatoms. The van der Waals surface area contributed by atoms with Crippen LogP contribution in [0.1, 0.15) is 17.7 Å². The number of hydrogen-bond acceptors (Lipinski definition) is 4. The number of aromatic nitrogens is 3. The first kappa shape index (κ1) is 17.4. The number of carbonyl (C=O) groups excluding carboxylic acids is 1. The molecule has 1 aromatic carbocycles. The van der Waals surface area contributed by atoms with Gasteiger partial charge >= 0.3 is 0 Å². The Labute approximate surface area is 159 Å². The Morgan fingerprint density at radius 1 is 1.19 bits per heavy atom. The van der Waals surface area contributed by atoms with Gasteiger partial charge in [-0.2, -0.15) is 0 Å². The number of rotatable bonds is 6. The minimum absolute atomic E-state index is 0.0133. The minimum atomic E-state index is -0.291. The van der Waals surface area contributed by atoms with Crippen molar-refractivity contribution < 1.29 is 9.18 Å². The lowest BCUT2D eigenvalue weighted by Gasteiger charge is -2.05. The third kappa shape index (κ3) is 3.88. The summed E-state index contributed by atoms with van der Waals surface area (Å²) in [5, 5.41) is 4.90. The van der Waals surface area contributed by atoms with E-state index in [9.17, 15) is 9.18 Å². The SMILES string of the molecule is O=C(CCc1csc2nc(-c3ccccc3F)cn12)NCc1ccncc1. The summed E-state index contributed by atoms with van der Waals surface area (Å²) in [6.07, 6.45) is 6.21. The number of fused-ring (bicyclic) bond motifs is 1. The fourth-order valence-electron chi connectivity index (χ4n) is 2.84. The van der Waals surface area contributed by atoms with Gasteiger partial charge in [-0.1, -0.05) is 12.1 Å².